The lowest BCUT2D eigenvalue weighted by atomic mass is 9.95. The fraction of sp³-hybridized carbons (Fsp3) is 0.500. The van der Waals surface area contributed by atoms with Crippen molar-refractivity contribution in [3.8, 4) is 5.75 Å². The number of benzene rings is 1. The highest BCUT2D eigenvalue weighted by molar-refractivity contribution is 5.40. The molecule has 0 saturated carbocycles. The van der Waals surface area contributed by atoms with Gasteiger partial charge in [-0.25, -0.2) is 0 Å². The van der Waals surface area contributed by atoms with Gasteiger partial charge in [-0.1, -0.05) is 12.1 Å². The Morgan fingerprint density at radius 1 is 1.36 bits per heavy atom. The van der Waals surface area contributed by atoms with Crippen LogP contribution in [-0.2, 0) is 12.0 Å². The van der Waals surface area contributed by atoms with Crippen LogP contribution in [0.15, 0.2) is 18.2 Å². The van der Waals surface area contributed by atoms with Crippen molar-refractivity contribution in [2.75, 3.05) is 6.61 Å². The summed E-state index contributed by atoms with van der Waals surface area (Å²) in [5, 5.41) is 9.84. The summed E-state index contributed by atoms with van der Waals surface area (Å²) >= 11 is 0. The molecule has 2 heteroatoms. The lowest BCUT2D eigenvalue weighted by molar-refractivity contribution is 0.0781. The maximum absolute atomic E-state index is 9.84. The molecule has 0 spiro atoms. The first-order chi connectivity index (χ1) is 6.57. The highest BCUT2D eigenvalue weighted by atomic mass is 16.5. The van der Waals surface area contributed by atoms with E-state index in [0.717, 1.165) is 30.8 Å². The molecule has 0 aromatic heterocycles. The van der Waals surface area contributed by atoms with E-state index in [2.05, 4.69) is 6.07 Å². The molecule has 1 aliphatic heterocycles. The van der Waals surface area contributed by atoms with Gasteiger partial charge in [-0.05, 0) is 43.9 Å². The Bertz CT molecular complexity index is 337. The fourth-order valence-corrected chi connectivity index (χ4v) is 1.72. The van der Waals surface area contributed by atoms with Crippen molar-refractivity contribution in [1.29, 1.82) is 0 Å². The normalized spacial score (nSPS) is 15.9. The van der Waals surface area contributed by atoms with Gasteiger partial charge < -0.3 is 9.84 Å². The standard InChI is InChI=1S/C12H16O2/c1-12(2,13)10-6-5-9-4-3-7-14-11(9)8-10/h5-6,8,13H,3-4,7H2,1-2H3. The molecule has 2 rings (SSSR count). The first-order valence-electron chi connectivity index (χ1n) is 5.06. The van der Waals surface area contributed by atoms with Gasteiger partial charge in [-0.15, -0.1) is 0 Å². The molecule has 0 amide bonds. The van der Waals surface area contributed by atoms with Crippen LogP contribution < -0.4 is 4.74 Å². The molecule has 1 aliphatic rings. The van der Waals surface area contributed by atoms with Crippen molar-refractivity contribution in [3.05, 3.63) is 29.3 Å². The summed E-state index contributed by atoms with van der Waals surface area (Å²) in [6.07, 6.45) is 2.18. The molecule has 0 fully saturated rings. The van der Waals surface area contributed by atoms with Crippen LogP contribution in [0.4, 0.5) is 0 Å². The SMILES string of the molecule is CC(C)(O)c1ccc2c(c1)OCCC2. The van der Waals surface area contributed by atoms with Crippen molar-refractivity contribution < 1.29 is 9.84 Å². The van der Waals surface area contributed by atoms with E-state index in [9.17, 15) is 5.11 Å². The Labute approximate surface area is 84.5 Å². The van der Waals surface area contributed by atoms with E-state index in [1.165, 1.54) is 5.56 Å². The molecule has 0 aliphatic carbocycles. The van der Waals surface area contributed by atoms with Gasteiger partial charge in [0.1, 0.15) is 5.75 Å². The molecule has 0 radical (unpaired) electrons. The third-order valence-corrected chi connectivity index (χ3v) is 2.62. The molecule has 0 atom stereocenters. The largest absolute Gasteiger partial charge is 0.493 e. The number of ether oxygens (including phenoxy) is 1. The first-order valence-corrected chi connectivity index (χ1v) is 5.06. The third kappa shape index (κ3) is 1.75. The number of aryl methyl sites for hydroxylation is 1. The minimum absolute atomic E-state index is 0.782. The van der Waals surface area contributed by atoms with Gasteiger partial charge in [0.05, 0.1) is 12.2 Å². The van der Waals surface area contributed by atoms with Gasteiger partial charge in [0.15, 0.2) is 0 Å². The zero-order valence-electron chi connectivity index (χ0n) is 8.71. The quantitative estimate of drug-likeness (QED) is 0.739. The number of hydrogen-bond donors (Lipinski definition) is 1. The van der Waals surface area contributed by atoms with Crippen LogP contribution in [0.25, 0.3) is 0 Å². The predicted molar refractivity (Wildman–Crippen MR) is 55.5 cm³/mol. The number of hydrogen-bond acceptors (Lipinski definition) is 2. The molecule has 1 aromatic carbocycles. The zero-order chi connectivity index (χ0) is 10.2. The van der Waals surface area contributed by atoms with Crippen LogP contribution in [-0.4, -0.2) is 11.7 Å². The van der Waals surface area contributed by atoms with E-state index < -0.39 is 5.60 Å². The summed E-state index contributed by atoms with van der Waals surface area (Å²) in [7, 11) is 0. The summed E-state index contributed by atoms with van der Waals surface area (Å²) in [5.74, 6) is 0.941. The van der Waals surface area contributed by atoms with E-state index in [4.69, 9.17) is 4.74 Å². The van der Waals surface area contributed by atoms with Crippen LogP contribution in [0.5, 0.6) is 5.75 Å². The van der Waals surface area contributed by atoms with Crippen molar-refractivity contribution in [2.24, 2.45) is 0 Å². The second kappa shape index (κ2) is 3.28. The van der Waals surface area contributed by atoms with E-state index in [1.807, 2.05) is 12.1 Å². The van der Waals surface area contributed by atoms with Crippen molar-refractivity contribution in [2.45, 2.75) is 32.3 Å². The second-order valence-corrected chi connectivity index (χ2v) is 4.33. The van der Waals surface area contributed by atoms with Crippen LogP contribution >= 0.6 is 0 Å². The minimum atomic E-state index is -0.782. The first kappa shape index (κ1) is 9.53. The molecule has 1 heterocycles. The van der Waals surface area contributed by atoms with E-state index in [-0.39, 0.29) is 0 Å². The average molecular weight is 192 g/mol. The maximum Gasteiger partial charge on any atom is 0.122 e. The molecule has 2 nitrogen and oxygen atoms in total. The monoisotopic (exact) mass is 192 g/mol. The molecular weight excluding hydrogens is 176 g/mol. The summed E-state index contributed by atoms with van der Waals surface area (Å²) < 4.78 is 5.55. The molecule has 0 saturated heterocycles. The number of aliphatic hydroxyl groups is 1. The lowest BCUT2D eigenvalue weighted by Gasteiger charge is -2.22. The second-order valence-electron chi connectivity index (χ2n) is 4.33. The van der Waals surface area contributed by atoms with Gasteiger partial charge >= 0.3 is 0 Å². The number of fused-ring (bicyclic) bond motifs is 1. The Morgan fingerprint density at radius 2 is 2.14 bits per heavy atom. The third-order valence-electron chi connectivity index (χ3n) is 2.62. The van der Waals surface area contributed by atoms with Crippen molar-refractivity contribution in [3.63, 3.8) is 0 Å². The van der Waals surface area contributed by atoms with E-state index in [0.29, 0.717) is 0 Å². The predicted octanol–water partition coefficient (Wildman–Crippen LogP) is 2.24. The Morgan fingerprint density at radius 3 is 2.86 bits per heavy atom. The fourth-order valence-electron chi connectivity index (χ4n) is 1.72. The van der Waals surface area contributed by atoms with Crippen LogP contribution in [0, 0.1) is 0 Å². The summed E-state index contributed by atoms with van der Waals surface area (Å²) in [5.41, 5.74) is 1.39. The van der Waals surface area contributed by atoms with Crippen LogP contribution in [0.2, 0.25) is 0 Å². The Balaban J connectivity index is 2.39. The Hall–Kier alpha value is -1.02. The van der Waals surface area contributed by atoms with Gasteiger partial charge in [0, 0.05) is 0 Å². The van der Waals surface area contributed by atoms with Crippen molar-refractivity contribution in [1.82, 2.24) is 0 Å². The van der Waals surface area contributed by atoms with Gasteiger partial charge in [-0.3, -0.25) is 0 Å². The van der Waals surface area contributed by atoms with Crippen molar-refractivity contribution >= 4 is 0 Å². The Kier molecular flexibility index (Phi) is 2.23. The minimum Gasteiger partial charge on any atom is -0.493 e. The molecule has 0 bridgehead atoms. The smallest absolute Gasteiger partial charge is 0.122 e. The van der Waals surface area contributed by atoms with Crippen LogP contribution in [0.3, 0.4) is 0 Å². The van der Waals surface area contributed by atoms with E-state index >= 15 is 0 Å². The summed E-state index contributed by atoms with van der Waals surface area (Å²) in [6.45, 7) is 4.37. The molecule has 1 N–H and O–H groups in total. The summed E-state index contributed by atoms with van der Waals surface area (Å²) in [4.78, 5) is 0. The average Bonchev–Trinajstić information content (AvgIpc) is 2.16. The molecule has 14 heavy (non-hydrogen) atoms. The van der Waals surface area contributed by atoms with Gasteiger partial charge in [-0.2, -0.15) is 0 Å². The van der Waals surface area contributed by atoms with E-state index in [1.54, 1.807) is 13.8 Å². The van der Waals surface area contributed by atoms with Gasteiger partial charge in [0.2, 0.25) is 0 Å². The molecular formula is C12H16O2. The lowest BCUT2D eigenvalue weighted by Crippen LogP contribution is -2.17. The van der Waals surface area contributed by atoms with Crippen LogP contribution in [0.1, 0.15) is 31.4 Å². The number of rotatable bonds is 1. The summed E-state index contributed by atoms with van der Waals surface area (Å²) in [6, 6.07) is 5.99. The topological polar surface area (TPSA) is 29.5 Å². The van der Waals surface area contributed by atoms with Gasteiger partial charge in [0.25, 0.3) is 0 Å². The zero-order valence-corrected chi connectivity index (χ0v) is 8.71. The molecule has 0 unspecified atom stereocenters. The maximum atomic E-state index is 9.84. The molecule has 1 aromatic rings. The highest BCUT2D eigenvalue weighted by Crippen LogP contribution is 2.30. The highest BCUT2D eigenvalue weighted by Gasteiger charge is 2.19. The molecule has 76 valence electrons.